The van der Waals surface area contributed by atoms with Crippen molar-refractivity contribution in [2.75, 3.05) is 6.61 Å². The zero-order valence-electron chi connectivity index (χ0n) is 13.0. The van der Waals surface area contributed by atoms with Gasteiger partial charge in [0.1, 0.15) is 6.73 Å². The Kier molecular flexibility index (Phi) is 6.10. The molecule has 0 radical (unpaired) electrons. The average Bonchev–Trinajstić information content (AvgIpc) is 2.79. The number of primary amides is 1. The summed E-state index contributed by atoms with van der Waals surface area (Å²) in [5, 5.41) is 0. The van der Waals surface area contributed by atoms with E-state index in [2.05, 4.69) is 29.4 Å². The zero-order chi connectivity index (χ0) is 16.0. The molecule has 7 nitrogen and oxygen atoms in total. The van der Waals surface area contributed by atoms with E-state index in [-0.39, 0.29) is 12.6 Å². The molecule has 1 rings (SSSR count). The number of nitrogens with zero attached hydrogens (tertiary/aromatic N) is 2. The van der Waals surface area contributed by atoms with Crippen molar-refractivity contribution in [3.63, 3.8) is 0 Å². The van der Waals surface area contributed by atoms with Crippen molar-refractivity contribution in [1.82, 2.24) is 9.55 Å². The smallest absolute Gasteiger partial charge is 0.405 e. The molecule has 0 aliphatic carbocycles. The van der Waals surface area contributed by atoms with Crippen LogP contribution in [0.2, 0.25) is 25.7 Å². The summed E-state index contributed by atoms with van der Waals surface area (Å²) in [5.41, 5.74) is 4.90. The second-order valence-corrected chi connectivity index (χ2v) is 11.6. The van der Waals surface area contributed by atoms with Crippen LogP contribution in [0.15, 0.2) is 12.4 Å². The summed E-state index contributed by atoms with van der Waals surface area (Å²) < 4.78 is 11.8. The average molecular weight is 313 g/mol. The van der Waals surface area contributed by atoms with Gasteiger partial charge in [-0.15, -0.1) is 0 Å². The Balaban J connectivity index is 2.57. The van der Waals surface area contributed by atoms with Crippen molar-refractivity contribution >= 4 is 20.0 Å². The number of rotatable bonds is 8. The number of ketones is 1. The summed E-state index contributed by atoms with van der Waals surface area (Å²) in [5.74, 6) is -0.218. The summed E-state index contributed by atoms with van der Waals surface area (Å²) in [7, 11) is -1.14. The third-order valence-electron chi connectivity index (χ3n) is 2.82. The fraction of sp³-hybridized carbons (Fsp3) is 0.615. The second kappa shape index (κ2) is 7.37. The van der Waals surface area contributed by atoms with Crippen LogP contribution in [0.4, 0.5) is 4.79 Å². The van der Waals surface area contributed by atoms with Crippen LogP contribution in [0.3, 0.4) is 0 Å². The molecule has 0 aromatic carbocycles. The van der Waals surface area contributed by atoms with Gasteiger partial charge in [0.15, 0.2) is 11.9 Å². The Labute approximate surface area is 125 Å². The molecule has 0 aliphatic rings. The van der Waals surface area contributed by atoms with E-state index in [1.54, 1.807) is 10.8 Å². The minimum atomic E-state index is -1.14. The second-order valence-electron chi connectivity index (χ2n) is 6.01. The van der Waals surface area contributed by atoms with Gasteiger partial charge in [0.2, 0.25) is 5.78 Å². The number of imidazole rings is 1. The monoisotopic (exact) mass is 313 g/mol. The molecule has 1 unspecified atom stereocenters. The van der Waals surface area contributed by atoms with Gasteiger partial charge < -0.3 is 19.8 Å². The molecule has 0 fully saturated rings. The van der Waals surface area contributed by atoms with Gasteiger partial charge in [-0.2, -0.15) is 0 Å². The SMILES string of the molecule is CC(OC(N)=O)C(=O)c1nccn1COCC[Si](C)(C)C. The third-order valence-corrected chi connectivity index (χ3v) is 4.53. The van der Waals surface area contributed by atoms with Gasteiger partial charge in [-0.3, -0.25) is 4.79 Å². The van der Waals surface area contributed by atoms with Crippen molar-refractivity contribution in [1.29, 1.82) is 0 Å². The lowest BCUT2D eigenvalue weighted by atomic mass is 10.2. The first-order valence-electron chi connectivity index (χ1n) is 6.80. The van der Waals surface area contributed by atoms with Gasteiger partial charge in [0, 0.05) is 27.1 Å². The van der Waals surface area contributed by atoms with Crippen LogP contribution in [-0.4, -0.2) is 42.2 Å². The molecule has 2 N–H and O–H groups in total. The number of Topliss-reactive ketones (excluding diaryl/α,β-unsaturated/α-hetero) is 1. The highest BCUT2D eigenvalue weighted by Crippen LogP contribution is 2.09. The maximum absolute atomic E-state index is 12.1. The number of aromatic nitrogens is 2. The Morgan fingerprint density at radius 2 is 2.10 bits per heavy atom. The summed E-state index contributed by atoms with van der Waals surface area (Å²) in [6.45, 7) is 9.16. The van der Waals surface area contributed by atoms with Gasteiger partial charge in [0.25, 0.3) is 0 Å². The Bertz CT molecular complexity index is 496. The highest BCUT2D eigenvalue weighted by Gasteiger charge is 2.22. The Morgan fingerprint density at radius 3 is 2.67 bits per heavy atom. The lowest BCUT2D eigenvalue weighted by Gasteiger charge is -2.16. The number of hydrogen-bond donors (Lipinski definition) is 1. The molecule has 1 amide bonds. The molecule has 1 heterocycles. The summed E-state index contributed by atoms with van der Waals surface area (Å²) in [6.07, 6.45) is 1.20. The molecule has 1 aromatic heterocycles. The predicted octanol–water partition coefficient (Wildman–Crippen LogP) is 1.86. The Hall–Kier alpha value is -1.67. The first kappa shape index (κ1) is 17.4. The molecule has 118 valence electrons. The predicted molar refractivity (Wildman–Crippen MR) is 80.8 cm³/mol. The standard InChI is InChI=1S/C13H23N3O4Si/c1-10(20-13(14)18)11(17)12-15-5-6-16(12)9-19-7-8-21(2,3)4/h5-6,10H,7-9H2,1-4H3,(H2,14,18). The van der Waals surface area contributed by atoms with Crippen LogP contribution in [0.5, 0.6) is 0 Å². The molecule has 0 aliphatic heterocycles. The molecule has 1 atom stereocenters. The first-order chi connectivity index (χ1) is 9.70. The van der Waals surface area contributed by atoms with Gasteiger partial charge in [-0.25, -0.2) is 9.78 Å². The van der Waals surface area contributed by atoms with E-state index in [1.165, 1.54) is 13.1 Å². The molecular formula is C13H23N3O4Si. The van der Waals surface area contributed by atoms with Crippen LogP contribution in [0.25, 0.3) is 0 Å². The van der Waals surface area contributed by atoms with Gasteiger partial charge in [-0.1, -0.05) is 19.6 Å². The summed E-state index contributed by atoms with van der Waals surface area (Å²) in [6, 6.07) is 1.05. The van der Waals surface area contributed by atoms with E-state index in [0.29, 0.717) is 6.61 Å². The van der Waals surface area contributed by atoms with E-state index in [4.69, 9.17) is 10.5 Å². The van der Waals surface area contributed by atoms with Crippen molar-refractivity contribution in [2.45, 2.75) is 45.4 Å². The number of ether oxygens (including phenoxy) is 2. The molecular weight excluding hydrogens is 290 g/mol. The maximum atomic E-state index is 12.1. The van der Waals surface area contributed by atoms with E-state index < -0.39 is 26.1 Å². The summed E-state index contributed by atoms with van der Waals surface area (Å²) in [4.78, 5) is 26.7. The van der Waals surface area contributed by atoms with Crippen LogP contribution in [0.1, 0.15) is 17.5 Å². The quantitative estimate of drug-likeness (QED) is 0.449. The van der Waals surface area contributed by atoms with E-state index >= 15 is 0 Å². The topological polar surface area (TPSA) is 96.4 Å². The minimum absolute atomic E-state index is 0.191. The molecule has 21 heavy (non-hydrogen) atoms. The summed E-state index contributed by atoms with van der Waals surface area (Å²) >= 11 is 0. The van der Waals surface area contributed by atoms with E-state index in [1.807, 2.05) is 0 Å². The maximum Gasteiger partial charge on any atom is 0.405 e. The minimum Gasteiger partial charge on any atom is -0.438 e. The number of carbonyl (C=O) groups is 2. The highest BCUT2D eigenvalue weighted by atomic mass is 28.3. The normalized spacial score (nSPS) is 13.0. The molecule has 1 aromatic rings. The fourth-order valence-electron chi connectivity index (χ4n) is 1.59. The van der Waals surface area contributed by atoms with Crippen LogP contribution >= 0.6 is 0 Å². The molecule has 0 saturated heterocycles. The molecule has 0 spiro atoms. The number of carbonyl (C=O) groups excluding carboxylic acids is 2. The van der Waals surface area contributed by atoms with Crippen molar-refractivity contribution < 1.29 is 19.1 Å². The fourth-order valence-corrected chi connectivity index (χ4v) is 2.35. The lowest BCUT2D eigenvalue weighted by Crippen LogP contribution is -2.29. The van der Waals surface area contributed by atoms with Crippen molar-refractivity contribution in [3.05, 3.63) is 18.2 Å². The van der Waals surface area contributed by atoms with Crippen LogP contribution in [0, 0.1) is 0 Å². The van der Waals surface area contributed by atoms with Crippen molar-refractivity contribution in [2.24, 2.45) is 5.73 Å². The van der Waals surface area contributed by atoms with E-state index in [9.17, 15) is 9.59 Å². The molecule has 0 bridgehead atoms. The zero-order valence-corrected chi connectivity index (χ0v) is 14.0. The van der Waals surface area contributed by atoms with Gasteiger partial charge >= 0.3 is 6.09 Å². The largest absolute Gasteiger partial charge is 0.438 e. The number of hydrogen-bond acceptors (Lipinski definition) is 5. The third kappa shape index (κ3) is 6.09. The van der Waals surface area contributed by atoms with Gasteiger partial charge in [-0.05, 0) is 13.0 Å². The van der Waals surface area contributed by atoms with Crippen molar-refractivity contribution in [3.8, 4) is 0 Å². The number of amides is 1. The lowest BCUT2D eigenvalue weighted by molar-refractivity contribution is 0.0629. The molecule has 0 saturated carbocycles. The van der Waals surface area contributed by atoms with Crippen LogP contribution in [-0.2, 0) is 16.2 Å². The van der Waals surface area contributed by atoms with Crippen LogP contribution < -0.4 is 5.73 Å². The molecule has 8 heteroatoms. The first-order valence-corrected chi connectivity index (χ1v) is 10.5. The highest BCUT2D eigenvalue weighted by molar-refractivity contribution is 6.76. The van der Waals surface area contributed by atoms with Gasteiger partial charge in [0.05, 0.1) is 0 Å². The Morgan fingerprint density at radius 1 is 1.43 bits per heavy atom. The number of nitrogens with two attached hydrogens (primary N) is 1. The van der Waals surface area contributed by atoms with E-state index in [0.717, 1.165) is 6.04 Å².